The summed E-state index contributed by atoms with van der Waals surface area (Å²) in [6.07, 6.45) is -2.15. The molecule has 0 saturated heterocycles. The van der Waals surface area contributed by atoms with E-state index >= 15 is 0 Å². The van der Waals surface area contributed by atoms with Gasteiger partial charge in [0.25, 0.3) is 5.91 Å². The number of benzene rings is 1. The van der Waals surface area contributed by atoms with E-state index in [4.69, 9.17) is 0 Å². The highest BCUT2D eigenvalue weighted by Crippen LogP contribution is 2.37. The van der Waals surface area contributed by atoms with Gasteiger partial charge in [-0.3, -0.25) is 9.59 Å². The summed E-state index contributed by atoms with van der Waals surface area (Å²) in [5.74, 6) is -0.571. The van der Waals surface area contributed by atoms with Crippen molar-refractivity contribution in [1.29, 1.82) is 0 Å². The minimum Gasteiger partial charge on any atom is -0.347 e. The molecule has 0 radical (unpaired) electrons. The number of nitrogens with one attached hydrogen (secondary N) is 2. The van der Waals surface area contributed by atoms with E-state index in [9.17, 15) is 22.8 Å². The maximum absolute atomic E-state index is 12.9. The predicted molar refractivity (Wildman–Crippen MR) is 84.2 cm³/mol. The van der Waals surface area contributed by atoms with Gasteiger partial charge in [-0.1, -0.05) is 36.0 Å². The van der Waals surface area contributed by atoms with Crippen LogP contribution in [0.2, 0.25) is 0 Å². The molecular weight excluding hydrogens is 341 g/mol. The highest BCUT2D eigenvalue weighted by Gasteiger charge is 2.34. The molecule has 1 aromatic carbocycles. The zero-order chi connectivity index (χ0) is 17.3. The van der Waals surface area contributed by atoms with Gasteiger partial charge >= 0.3 is 11.0 Å². The lowest BCUT2D eigenvalue weighted by Crippen LogP contribution is -2.36. The second kappa shape index (κ2) is 6.43. The summed E-state index contributed by atoms with van der Waals surface area (Å²) in [4.78, 5) is 25.4. The fourth-order valence-corrected chi connectivity index (χ4v) is 3.67. The molecule has 128 valence electrons. The van der Waals surface area contributed by atoms with Crippen LogP contribution >= 0.6 is 11.3 Å². The number of carbonyl (C=O) groups is 1. The van der Waals surface area contributed by atoms with Gasteiger partial charge < -0.3 is 10.3 Å². The highest BCUT2D eigenvalue weighted by molar-refractivity contribution is 7.07. The topological polar surface area (TPSA) is 62.0 Å². The van der Waals surface area contributed by atoms with Crippen molar-refractivity contribution in [2.45, 2.75) is 37.4 Å². The lowest BCUT2D eigenvalue weighted by Gasteiger charge is -2.22. The number of hydrogen-bond acceptors (Lipinski definition) is 3. The standard InChI is InChI=1S/C16H15F3N2O2S/c17-16(18,19)10-4-1-3-9(7-10)11-5-2-6-12(11)20-14(22)13-8-24-15(23)21-13/h1,3-4,7-8,11-12H,2,5-6H2,(H,20,22)(H,21,23). The molecule has 1 heterocycles. The number of alkyl halides is 3. The molecule has 3 rings (SSSR count). The number of thiazole rings is 1. The molecule has 2 atom stereocenters. The molecule has 2 N–H and O–H groups in total. The predicted octanol–water partition coefficient (Wildman–Crippen LogP) is 3.52. The summed E-state index contributed by atoms with van der Waals surface area (Å²) in [6, 6.07) is 5.01. The van der Waals surface area contributed by atoms with Gasteiger partial charge in [0.15, 0.2) is 0 Å². The normalized spacial score (nSPS) is 21.0. The van der Waals surface area contributed by atoms with Crippen LogP contribution in [0, 0.1) is 0 Å². The average Bonchev–Trinajstić information content (AvgIpc) is 3.15. The number of hydrogen-bond donors (Lipinski definition) is 2. The van der Waals surface area contributed by atoms with E-state index < -0.39 is 17.6 Å². The van der Waals surface area contributed by atoms with Crippen molar-refractivity contribution in [2.75, 3.05) is 0 Å². The molecule has 2 aromatic rings. The minimum atomic E-state index is -4.39. The molecule has 8 heteroatoms. The van der Waals surface area contributed by atoms with Gasteiger partial charge in [0.2, 0.25) is 0 Å². The van der Waals surface area contributed by atoms with E-state index in [0.29, 0.717) is 18.4 Å². The van der Waals surface area contributed by atoms with E-state index in [-0.39, 0.29) is 22.5 Å². The minimum absolute atomic E-state index is 0.165. The van der Waals surface area contributed by atoms with E-state index in [1.807, 2.05) is 0 Å². The zero-order valence-electron chi connectivity index (χ0n) is 12.5. The molecule has 1 aliphatic carbocycles. The van der Waals surface area contributed by atoms with E-state index in [1.165, 1.54) is 11.4 Å². The smallest absolute Gasteiger partial charge is 0.347 e. The maximum atomic E-state index is 12.9. The van der Waals surface area contributed by atoms with Crippen molar-refractivity contribution in [3.05, 3.63) is 56.1 Å². The number of aromatic nitrogens is 1. The van der Waals surface area contributed by atoms with Gasteiger partial charge in [0.05, 0.1) is 5.56 Å². The SMILES string of the molecule is O=C(NC1CCCC1c1cccc(C(F)(F)F)c1)c1csc(=O)[nH]1. The molecule has 4 nitrogen and oxygen atoms in total. The fraction of sp³-hybridized carbons (Fsp3) is 0.375. The van der Waals surface area contributed by atoms with Crippen LogP contribution in [0.5, 0.6) is 0 Å². The summed E-state index contributed by atoms with van der Waals surface area (Å²) < 4.78 is 38.7. The van der Waals surface area contributed by atoms with Gasteiger partial charge in [-0.05, 0) is 24.5 Å². The van der Waals surface area contributed by atoms with Crippen LogP contribution in [0.25, 0.3) is 0 Å². The van der Waals surface area contributed by atoms with Crippen LogP contribution in [-0.4, -0.2) is 16.9 Å². The first-order valence-electron chi connectivity index (χ1n) is 7.50. The molecule has 0 aliphatic heterocycles. The lowest BCUT2D eigenvalue weighted by molar-refractivity contribution is -0.137. The number of carbonyl (C=O) groups excluding carboxylic acids is 1. The van der Waals surface area contributed by atoms with Gasteiger partial charge in [0, 0.05) is 17.3 Å². The summed E-state index contributed by atoms with van der Waals surface area (Å²) in [7, 11) is 0. The van der Waals surface area contributed by atoms with Crippen molar-refractivity contribution in [3.63, 3.8) is 0 Å². The molecule has 1 aliphatic rings. The van der Waals surface area contributed by atoms with Crippen LogP contribution in [0.4, 0.5) is 13.2 Å². The van der Waals surface area contributed by atoms with Gasteiger partial charge in [-0.2, -0.15) is 13.2 Å². The maximum Gasteiger partial charge on any atom is 0.416 e. The second-order valence-electron chi connectivity index (χ2n) is 5.80. The van der Waals surface area contributed by atoms with Crippen molar-refractivity contribution in [2.24, 2.45) is 0 Å². The highest BCUT2D eigenvalue weighted by atomic mass is 32.1. The monoisotopic (exact) mass is 356 g/mol. The molecule has 1 amide bonds. The molecule has 0 spiro atoms. The summed E-state index contributed by atoms with van der Waals surface area (Å²) in [6.45, 7) is 0. The fourth-order valence-electron chi connectivity index (χ4n) is 3.12. The largest absolute Gasteiger partial charge is 0.416 e. The van der Waals surface area contributed by atoms with Gasteiger partial charge in [-0.25, -0.2) is 0 Å². The molecular formula is C16H15F3N2O2S. The van der Waals surface area contributed by atoms with Gasteiger partial charge in [-0.15, -0.1) is 0 Å². The quantitative estimate of drug-likeness (QED) is 0.884. The van der Waals surface area contributed by atoms with E-state index in [2.05, 4.69) is 10.3 Å². The Kier molecular flexibility index (Phi) is 4.49. The van der Waals surface area contributed by atoms with Crippen molar-refractivity contribution >= 4 is 17.2 Å². The van der Waals surface area contributed by atoms with Crippen molar-refractivity contribution in [1.82, 2.24) is 10.3 Å². The van der Waals surface area contributed by atoms with Crippen molar-refractivity contribution in [3.8, 4) is 0 Å². The third-order valence-electron chi connectivity index (χ3n) is 4.24. The van der Waals surface area contributed by atoms with Crippen LogP contribution in [0.15, 0.2) is 34.4 Å². The summed E-state index contributed by atoms with van der Waals surface area (Å²) >= 11 is 0.896. The first kappa shape index (κ1) is 16.8. The average molecular weight is 356 g/mol. The Bertz CT molecular complexity index is 797. The molecule has 0 bridgehead atoms. The Morgan fingerprint density at radius 3 is 2.75 bits per heavy atom. The first-order chi connectivity index (χ1) is 11.3. The number of amides is 1. The number of rotatable bonds is 3. The Morgan fingerprint density at radius 1 is 1.29 bits per heavy atom. The Balaban J connectivity index is 1.78. The number of halogens is 3. The summed E-state index contributed by atoms with van der Waals surface area (Å²) in [5, 5.41) is 4.27. The van der Waals surface area contributed by atoms with E-state index in [0.717, 1.165) is 29.9 Å². The zero-order valence-corrected chi connectivity index (χ0v) is 13.3. The van der Waals surface area contributed by atoms with E-state index in [1.54, 1.807) is 6.07 Å². The third-order valence-corrected chi connectivity index (χ3v) is 4.91. The van der Waals surface area contributed by atoms with Gasteiger partial charge in [0.1, 0.15) is 5.69 Å². The molecule has 1 aromatic heterocycles. The third kappa shape index (κ3) is 3.53. The number of H-pyrrole nitrogens is 1. The first-order valence-corrected chi connectivity index (χ1v) is 8.38. The van der Waals surface area contributed by atoms with Crippen LogP contribution < -0.4 is 10.2 Å². The molecule has 1 fully saturated rings. The molecule has 24 heavy (non-hydrogen) atoms. The Labute approximate surface area is 139 Å². The van der Waals surface area contributed by atoms with Crippen LogP contribution in [0.3, 0.4) is 0 Å². The Morgan fingerprint density at radius 2 is 2.08 bits per heavy atom. The Hall–Kier alpha value is -2.09. The second-order valence-corrected chi connectivity index (χ2v) is 6.64. The number of aromatic amines is 1. The lowest BCUT2D eigenvalue weighted by atomic mass is 9.92. The van der Waals surface area contributed by atoms with Crippen LogP contribution in [-0.2, 0) is 6.18 Å². The van der Waals surface area contributed by atoms with Crippen LogP contribution in [0.1, 0.15) is 46.8 Å². The molecule has 1 saturated carbocycles. The summed E-state index contributed by atoms with van der Waals surface area (Å²) in [5.41, 5.74) is 0.0743. The molecule has 2 unspecified atom stereocenters. The van der Waals surface area contributed by atoms with Crippen molar-refractivity contribution < 1.29 is 18.0 Å².